The van der Waals surface area contributed by atoms with E-state index in [2.05, 4.69) is 20.9 Å². The number of halogens is 1. The normalized spacial score (nSPS) is 13.4. The highest BCUT2D eigenvalue weighted by Gasteiger charge is 2.21. The predicted octanol–water partition coefficient (Wildman–Crippen LogP) is 5.34. The van der Waals surface area contributed by atoms with Crippen LogP contribution in [0.4, 0.5) is 32.3 Å². The first-order valence-corrected chi connectivity index (χ1v) is 10.7. The monoisotopic (exact) mass is 449 g/mol. The van der Waals surface area contributed by atoms with Crippen LogP contribution in [0.15, 0.2) is 78.9 Å². The number of anilines is 4. The molecule has 4 rings (SSSR count). The third-order valence-electron chi connectivity index (χ3n) is 5.14. The molecule has 0 aliphatic carbocycles. The molecule has 0 bridgehead atoms. The van der Waals surface area contributed by atoms with Crippen LogP contribution >= 0.6 is 11.6 Å². The van der Waals surface area contributed by atoms with Crippen molar-refractivity contribution in [1.82, 2.24) is 4.90 Å². The summed E-state index contributed by atoms with van der Waals surface area (Å²) < 4.78 is 0. The third-order valence-corrected chi connectivity index (χ3v) is 5.38. The summed E-state index contributed by atoms with van der Waals surface area (Å²) in [4.78, 5) is 28.9. The fourth-order valence-electron chi connectivity index (χ4n) is 3.53. The first-order valence-electron chi connectivity index (χ1n) is 10.4. The lowest BCUT2D eigenvalue weighted by atomic mass is 10.2. The Morgan fingerprint density at radius 2 is 1.31 bits per heavy atom. The highest BCUT2D eigenvalue weighted by Crippen LogP contribution is 2.21. The molecule has 1 saturated heterocycles. The van der Waals surface area contributed by atoms with E-state index >= 15 is 0 Å². The number of amides is 4. The van der Waals surface area contributed by atoms with Gasteiger partial charge in [0, 0.05) is 54.0 Å². The number of para-hydroxylation sites is 1. The quantitative estimate of drug-likeness (QED) is 0.503. The Morgan fingerprint density at radius 1 is 0.688 bits per heavy atom. The molecule has 4 amide bonds. The number of piperazine rings is 1. The van der Waals surface area contributed by atoms with Crippen LogP contribution in [0.25, 0.3) is 0 Å². The lowest BCUT2D eigenvalue weighted by molar-refractivity contribution is 0.208. The summed E-state index contributed by atoms with van der Waals surface area (Å²) in [5.74, 6) is 0. The number of nitrogens with one attached hydrogen (secondary N) is 3. The van der Waals surface area contributed by atoms with Crippen molar-refractivity contribution in [2.24, 2.45) is 0 Å². The van der Waals surface area contributed by atoms with Crippen molar-refractivity contribution in [2.45, 2.75) is 0 Å². The average Bonchev–Trinajstić information content (AvgIpc) is 2.80. The summed E-state index contributed by atoms with van der Waals surface area (Å²) in [5, 5.41) is 9.16. The van der Waals surface area contributed by atoms with Gasteiger partial charge in [-0.1, -0.05) is 41.9 Å². The van der Waals surface area contributed by atoms with Crippen molar-refractivity contribution in [2.75, 3.05) is 47.0 Å². The number of nitrogens with zero attached hydrogens (tertiary/aromatic N) is 2. The van der Waals surface area contributed by atoms with Crippen molar-refractivity contribution in [1.29, 1.82) is 0 Å². The highest BCUT2D eigenvalue weighted by molar-refractivity contribution is 6.30. The minimum atomic E-state index is -0.350. The van der Waals surface area contributed by atoms with E-state index in [0.717, 1.165) is 18.8 Å². The van der Waals surface area contributed by atoms with E-state index in [0.29, 0.717) is 35.2 Å². The molecule has 3 aromatic rings. The van der Waals surface area contributed by atoms with Crippen molar-refractivity contribution >= 4 is 46.4 Å². The Kier molecular flexibility index (Phi) is 6.77. The maximum Gasteiger partial charge on any atom is 0.323 e. The van der Waals surface area contributed by atoms with Crippen LogP contribution in [0.5, 0.6) is 0 Å². The molecular weight excluding hydrogens is 426 g/mol. The molecule has 0 aromatic heterocycles. The fraction of sp³-hybridized carbons (Fsp3) is 0.167. The van der Waals surface area contributed by atoms with Gasteiger partial charge in [-0.2, -0.15) is 0 Å². The molecule has 1 aliphatic heterocycles. The van der Waals surface area contributed by atoms with Crippen LogP contribution in [-0.2, 0) is 0 Å². The van der Waals surface area contributed by atoms with Crippen molar-refractivity contribution in [3.05, 3.63) is 83.9 Å². The lowest BCUT2D eigenvalue weighted by Crippen LogP contribution is -2.50. The number of carbonyl (C=O) groups is 2. The number of hydrogen-bond donors (Lipinski definition) is 3. The molecule has 32 heavy (non-hydrogen) atoms. The standard InChI is InChI=1S/C24H24ClN5O2/c25-18-6-4-11-22(16-18)29-12-14-30(15-13-29)24(32)28-21-10-5-9-20(17-21)27-23(31)26-19-7-2-1-3-8-19/h1-11,16-17H,12-15H2,(H,28,32)(H2,26,27,31). The average molecular weight is 450 g/mol. The second-order valence-corrected chi connectivity index (χ2v) is 7.85. The van der Waals surface area contributed by atoms with Crippen molar-refractivity contribution < 1.29 is 9.59 Å². The van der Waals surface area contributed by atoms with Gasteiger partial charge in [-0.3, -0.25) is 0 Å². The molecule has 8 heteroatoms. The molecule has 0 saturated carbocycles. The molecule has 7 nitrogen and oxygen atoms in total. The zero-order valence-corrected chi connectivity index (χ0v) is 18.2. The Hall–Kier alpha value is -3.71. The first kappa shape index (κ1) is 21.5. The maximum atomic E-state index is 12.7. The zero-order valence-electron chi connectivity index (χ0n) is 17.4. The van der Waals surface area contributed by atoms with Gasteiger partial charge in [0.2, 0.25) is 0 Å². The predicted molar refractivity (Wildman–Crippen MR) is 130 cm³/mol. The smallest absolute Gasteiger partial charge is 0.323 e. The summed E-state index contributed by atoms with van der Waals surface area (Å²) in [6.07, 6.45) is 0. The molecule has 1 aliphatic rings. The largest absolute Gasteiger partial charge is 0.368 e. The molecule has 1 fully saturated rings. The topological polar surface area (TPSA) is 76.7 Å². The molecule has 0 atom stereocenters. The fourth-order valence-corrected chi connectivity index (χ4v) is 3.72. The number of benzene rings is 3. The van der Waals surface area contributed by atoms with Gasteiger partial charge in [0.15, 0.2) is 0 Å². The van der Waals surface area contributed by atoms with Gasteiger partial charge in [-0.15, -0.1) is 0 Å². The van der Waals surface area contributed by atoms with Crippen LogP contribution in [0.1, 0.15) is 0 Å². The Morgan fingerprint density at radius 3 is 2.03 bits per heavy atom. The van der Waals surface area contributed by atoms with Gasteiger partial charge >= 0.3 is 12.1 Å². The molecule has 0 radical (unpaired) electrons. The minimum absolute atomic E-state index is 0.165. The van der Waals surface area contributed by atoms with Gasteiger partial charge in [-0.25, -0.2) is 9.59 Å². The summed E-state index contributed by atoms with van der Waals surface area (Å²) in [7, 11) is 0. The molecular formula is C24H24ClN5O2. The van der Waals surface area contributed by atoms with Crippen LogP contribution in [0.3, 0.4) is 0 Å². The Labute approximate surface area is 192 Å². The molecule has 3 aromatic carbocycles. The van der Waals surface area contributed by atoms with E-state index in [9.17, 15) is 9.59 Å². The lowest BCUT2D eigenvalue weighted by Gasteiger charge is -2.36. The summed E-state index contributed by atoms with van der Waals surface area (Å²) >= 11 is 6.09. The summed E-state index contributed by atoms with van der Waals surface area (Å²) in [6, 6.07) is 23.5. The van der Waals surface area contributed by atoms with E-state index in [1.807, 2.05) is 54.6 Å². The molecule has 3 N–H and O–H groups in total. The second kappa shape index (κ2) is 10.1. The summed E-state index contributed by atoms with van der Waals surface area (Å²) in [5.41, 5.74) is 2.96. The Balaban J connectivity index is 1.29. The van der Waals surface area contributed by atoms with Gasteiger partial charge in [-0.05, 0) is 48.5 Å². The molecule has 0 spiro atoms. The van der Waals surface area contributed by atoms with E-state index in [4.69, 9.17) is 11.6 Å². The molecule has 1 heterocycles. The van der Waals surface area contributed by atoms with Crippen LogP contribution in [-0.4, -0.2) is 43.1 Å². The molecule has 164 valence electrons. The van der Waals surface area contributed by atoms with Crippen LogP contribution in [0.2, 0.25) is 5.02 Å². The van der Waals surface area contributed by atoms with Crippen LogP contribution in [0, 0.1) is 0 Å². The SMILES string of the molecule is O=C(Nc1ccccc1)Nc1cccc(NC(=O)N2CCN(c3cccc(Cl)c3)CC2)c1. The molecule has 0 unspecified atom stereocenters. The van der Waals surface area contributed by atoms with Crippen molar-refractivity contribution in [3.8, 4) is 0 Å². The number of urea groups is 2. The third kappa shape index (κ3) is 5.70. The Bertz CT molecular complexity index is 1080. The maximum absolute atomic E-state index is 12.7. The van der Waals surface area contributed by atoms with Gasteiger partial charge in [0.05, 0.1) is 0 Å². The minimum Gasteiger partial charge on any atom is -0.368 e. The van der Waals surface area contributed by atoms with E-state index in [-0.39, 0.29) is 12.1 Å². The zero-order chi connectivity index (χ0) is 22.3. The van der Waals surface area contributed by atoms with E-state index in [1.165, 1.54) is 0 Å². The number of rotatable bonds is 4. The van der Waals surface area contributed by atoms with Gasteiger partial charge < -0.3 is 25.8 Å². The number of hydrogen-bond acceptors (Lipinski definition) is 3. The van der Waals surface area contributed by atoms with Gasteiger partial charge in [0.25, 0.3) is 0 Å². The van der Waals surface area contributed by atoms with Crippen molar-refractivity contribution in [3.63, 3.8) is 0 Å². The van der Waals surface area contributed by atoms with Gasteiger partial charge in [0.1, 0.15) is 0 Å². The second-order valence-electron chi connectivity index (χ2n) is 7.41. The highest BCUT2D eigenvalue weighted by atomic mass is 35.5. The van der Waals surface area contributed by atoms with E-state index < -0.39 is 0 Å². The first-order chi connectivity index (χ1) is 15.6. The van der Waals surface area contributed by atoms with E-state index in [1.54, 1.807) is 29.2 Å². The summed E-state index contributed by atoms with van der Waals surface area (Å²) in [6.45, 7) is 2.68. The van der Waals surface area contributed by atoms with Crippen LogP contribution < -0.4 is 20.9 Å². The number of carbonyl (C=O) groups excluding carboxylic acids is 2.